The molecule has 0 amide bonds. The summed E-state index contributed by atoms with van der Waals surface area (Å²) in [5.74, 6) is 0. The fourth-order valence-corrected chi connectivity index (χ4v) is 1.81. The van der Waals surface area contributed by atoms with E-state index >= 15 is 0 Å². The molecule has 0 aromatic carbocycles. The lowest BCUT2D eigenvalue weighted by Gasteiger charge is -2.27. The summed E-state index contributed by atoms with van der Waals surface area (Å²) in [6.45, 7) is 0.420. The Morgan fingerprint density at radius 2 is 2.09 bits per heavy atom. The summed E-state index contributed by atoms with van der Waals surface area (Å²) in [6.07, 6.45) is -1.90. The molecule has 4 nitrogen and oxygen atoms in total. The van der Waals surface area contributed by atoms with E-state index in [9.17, 15) is 8.42 Å². The average molecular weight is 181 g/mol. The van der Waals surface area contributed by atoms with Gasteiger partial charge in [-0.25, -0.2) is 12.7 Å². The van der Waals surface area contributed by atoms with E-state index in [4.69, 9.17) is 9.85 Å². The zero-order chi connectivity index (χ0) is 11.0. The van der Waals surface area contributed by atoms with Crippen LogP contribution >= 0.6 is 0 Å². The van der Waals surface area contributed by atoms with Crippen molar-refractivity contribution in [3.63, 3.8) is 0 Å². The van der Waals surface area contributed by atoms with Crippen molar-refractivity contribution >= 4 is 10.0 Å². The third-order valence-electron chi connectivity index (χ3n) is 1.84. The summed E-state index contributed by atoms with van der Waals surface area (Å²) in [4.78, 5) is 0. The summed E-state index contributed by atoms with van der Waals surface area (Å²) < 4.78 is 44.6. The van der Waals surface area contributed by atoms with Crippen LogP contribution in [-0.2, 0) is 10.0 Å². The maximum atomic E-state index is 11.4. The second-order valence-corrected chi connectivity index (χ2v) is 4.21. The van der Waals surface area contributed by atoms with E-state index in [-0.39, 0.29) is 19.1 Å². The lowest BCUT2D eigenvalue weighted by Crippen LogP contribution is -2.42. The van der Waals surface area contributed by atoms with Gasteiger partial charge < -0.3 is 5.73 Å². The molecule has 0 bridgehead atoms. The molecule has 0 aromatic heterocycles. The number of piperidine rings is 1. The van der Waals surface area contributed by atoms with Gasteiger partial charge >= 0.3 is 0 Å². The molecule has 1 aliphatic rings. The first-order chi connectivity index (χ1) is 6.25. The molecule has 5 heteroatoms. The van der Waals surface area contributed by atoms with Crippen molar-refractivity contribution in [2.24, 2.45) is 5.73 Å². The van der Waals surface area contributed by atoms with Crippen molar-refractivity contribution in [2.75, 3.05) is 19.3 Å². The molecule has 0 saturated carbocycles. The van der Waals surface area contributed by atoms with Gasteiger partial charge in [0.05, 0.1) is 6.18 Å². The first-order valence-electron chi connectivity index (χ1n) is 5.00. The van der Waals surface area contributed by atoms with E-state index in [1.807, 2.05) is 0 Å². The van der Waals surface area contributed by atoms with E-state index in [2.05, 4.69) is 0 Å². The van der Waals surface area contributed by atoms with Crippen molar-refractivity contribution in [3.05, 3.63) is 0 Å². The Hall–Kier alpha value is -0.130. The highest BCUT2D eigenvalue weighted by atomic mass is 32.2. The molecule has 1 heterocycles. The first kappa shape index (κ1) is 5.50. The number of hydrogen-bond acceptors (Lipinski definition) is 3. The fraction of sp³-hybridized carbons (Fsp3) is 1.00. The van der Waals surface area contributed by atoms with Gasteiger partial charge in [-0.1, -0.05) is 0 Å². The average Bonchev–Trinajstić information content (AvgIpc) is 2.03. The van der Waals surface area contributed by atoms with Gasteiger partial charge in [0.1, 0.15) is 0 Å². The van der Waals surface area contributed by atoms with Crippen molar-refractivity contribution < 1.29 is 12.5 Å². The topological polar surface area (TPSA) is 63.4 Å². The molecule has 66 valence electrons. The molecule has 0 radical (unpaired) electrons. The molecule has 1 fully saturated rings. The minimum Gasteiger partial charge on any atom is -0.328 e. The van der Waals surface area contributed by atoms with Crippen LogP contribution in [0.3, 0.4) is 0 Å². The van der Waals surface area contributed by atoms with E-state index in [1.165, 1.54) is 0 Å². The quantitative estimate of drug-likeness (QED) is 0.586. The van der Waals surface area contributed by atoms with Gasteiger partial charge in [0, 0.05) is 23.2 Å². The van der Waals surface area contributed by atoms with E-state index in [0.29, 0.717) is 12.8 Å². The highest BCUT2D eigenvalue weighted by molar-refractivity contribution is 7.88. The SMILES string of the molecule is [2H]C([2H])([2H])S(=O)(=O)N1CCC(N)CC1. The van der Waals surface area contributed by atoms with Crippen molar-refractivity contribution in [2.45, 2.75) is 18.9 Å². The molecule has 11 heavy (non-hydrogen) atoms. The van der Waals surface area contributed by atoms with Crippen LogP contribution < -0.4 is 5.73 Å². The molecular weight excluding hydrogens is 164 g/mol. The monoisotopic (exact) mass is 181 g/mol. The Labute approximate surface area is 71.6 Å². The van der Waals surface area contributed by atoms with Crippen molar-refractivity contribution in [1.82, 2.24) is 4.31 Å². The van der Waals surface area contributed by atoms with Crippen LogP contribution in [0.25, 0.3) is 0 Å². The van der Waals surface area contributed by atoms with Crippen LogP contribution in [0.15, 0.2) is 0 Å². The Morgan fingerprint density at radius 3 is 2.55 bits per heavy atom. The maximum Gasteiger partial charge on any atom is 0.211 e. The number of hydrogen-bond donors (Lipinski definition) is 1. The van der Waals surface area contributed by atoms with Crippen molar-refractivity contribution in [1.29, 1.82) is 0 Å². The summed E-state index contributed by atoms with van der Waals surface area (Å²) in [5, 5.41) is 0. The Bertz CT molecular complexity index is 293. The highest BCUT2D eigenvalue weighted by Gasteiger charge is 2.22. The fourth-order valence-electron chi connectivity index (χ4n) is 1.12. The van der Waals surface area contributed by atoms with Gasteiger partial charge in [-0.3, -0.25) is 0 Å². The second kappa shape index (κ2) is 3.08. The maximum absolute atomic E-state index is 11.4. The summed E-state index contributed by atoms with van der Waals surface area (Å²) in [7, 11) is -4.15. The number of nitrogens with two attached hydrogens (primary N) is 1. The third-order valence-corrected chi connectivity index (χ3v) is 2.88. The lowest BCUT2D eigenvalue weighted by molar-refractivity contribution is 0.322. The van der Waals surface area contributed by atoms with Gasteiger partial charge in [0.25, 0.3) is 0 Å². The lowest BCUT2D eigenvalue weighted by atomic mass is 10.1. The van der Waals surface area contributed by atoms with Gasteiger partial charge in [0.2, 0.25) is 10.0 Å². The smallest absolute Gasteiger partial charge is 0.211 e. The van der Waals surface area contributed by atoms with Crippen LogP contribution in [0, 0.1) is 0 Å². The molecule has 2 N–H and O–H groups in total. The molecule has 0 unspecified atom stereocenters. The molecule has 1 rings (SSSR count). The van der Waals surface area contributed by atoms with Crippen LogP contribution in [0.1, 0.15) is 17.0 Å². The molecular formula is C6H14N2O2S. The summed E-state index contributed by atoms with van der Waals surface area (Å²) in [5.41, 5.74) is 5.59. The van der Waals surface area contributed by atoms with Crippen LogP contribution in [0.5, 0.6) is 0 Å². The van der Waals surface area contributed by atoms with Gasteiger partial charge in [-0.2, -0.15) is 0 Å². The predicted octanol–water partition coefficient (Wildman–Crippen LogP) is -0.631. The van der Waals surface area contributed by atoms with Gasteiger partial charge in [-0.15, -0.1) is 0 Å². The predicted molar refractivity (Wildman–Crippen MR) is 43.6 cm³/mol. The highest BCUT2D eigenvalue weighted by Crippen LogP contribution is 2.10. The van der Waals surface area contributed by atoms with Crippen LogP contribution in [0.2, 0.25) is 0 Å². The van der Waals surface area contributed by atoms with Crippen LogP contribution in [-0.4, -0.2) is 38.0 Å². The minimum absolute atomic E-state index is 0.0157. The van der Waals surface area contributed by atoms with Crippen LogP contribution in [0.4, 0.5) is 0 Å². The molecule has 1 aliphatic heterocycles. The minimum atomic E-state index is -4.15. The largest absolute Gasteiger partial charge is 0.328 e. The van der Waals surface area contributed by atoms with Gasteiger partial charge in [0.15, 0.2) is 0 Å². The molecule has 0 aliphatic carbocycles. The summed E-state index contributed by atoms with van der Waals surface area (Å²) in [6, 6.07) is -0.0157. The van der Waals surface area contributed by atoms with E-state index in [0.717, 1.165) is 4.31 Å². The van der Waals surface area contributed by atoms with E-state index < -0.39 is 16.2 Å². The zero-order valence-electron chi connectivity index (χ0n) is 9.16. The second-order valence-electron chi connectivity index (χ2n) is 2.74. The zero-order valence-corrected chi connectivity index (χ0v) is 6.97. The summed E-state index contributed by atoms with van der Waals surface area (Å²) >= 11 is 0. The standard InChI is InChI=1S/C6H14N2O2S/c1-11(9,10)8-4-2-6(7)3-5-8/h6H,2-5,7H2,1H3/i1D3. The number of nitrogens with zero attached hydrogens (tertiary/aromatic N) is 1. The Balaban J connectivity index is 2.76. The Kier molecular flexibility index (Phi) is 1.54. The Morgan fingerprint density at radius 1 is 1.55 bits per heavy atom. The number of sulfonamides is 1. The number of rotatable bonds is 1. The van der Waals surface area contributed by atoms with Gasteiger partial charge in [-0.05, 0) is 12.8 Å². The van der Waals surface area contributed by atoms with E-state index in [1.54, 1.807) is 0 Å². The van der Waals surface area contributed by atoms with Crippen molar-refractivity contribution in [3.8, 4) is 0 Å². The molecule has 0 atom stereocenters. The molecule has 0 aromatic rings. The molecule has 0 spiro atoms. The molecule has 1 saturated heterocycles. The first-order valence-corrected chi connectivity index (χ1v) is 4.94. The normalized spacial score (nSPS) is 29.0. The third kappa shape index (κ3) is 2.43.